The molecule has 0 saturated carbocycles. The summed E-state index contributed by atoms with van der Waals surface area (Å²) in [6, 6.07) is 10.6. The van der Waals surface area contributed by atoms with E-state index in [1.807, 2.05) is 35.7 Å². The van der Waals surface area contributed by atoms with Gasteiger partial charge in [-0.2, -0.15) is 8.78 Å². The Bertz CT molecular complexity index is 1120. The van der Waals surface area contributed by atoms with Gasteiger partial charge in [-0.1, -0.05) is 24.3 Å². The molecule has 1 N–H and O–H groups in total. The first-order valence-electron chi connectivity index (χ1n) is 9.60. The number of carboxylic acid groups (broad SMARTS) is 1. The summed E-state index contributed by atoms with van der Waals surface area (Å²) in [6.07, 6.45) is 4.01. The van der Waals surface area contributed by atoms with Crippen LogP contribution in [0, 0.1) is 6.92 Å². The van der Waals surface area contributed by atoms with Gasteiger partial charge < -0.3 is 19.1 Å². The first-order valence-corrected chi connectivity index (χ1v) is 9.60. The van der Waals surface area contributed by atoms with Crippen LogP contribution in [-0.2, 0) is 6.42 Å². The van der Waals surface area contributed by atoms with Crippen molar-refractivity contribution < 1.29 is 23.4 Å². The quantitative estimate of drug-likeness (QED) is 0.664. The van der Waals surface area contributed by atoms with Gasteiger partial charge in [0.2, 0.25) is 0 Å². The lowest BCUT2D eigenvalue weighted by atomic mass is 10.0. The summed E-state index contributed by atoms with van der Waals surface area (Å²) < 4.78 is 32.2. The molecule has 30 heavy (non-hydrogen) atoms. The number of para-hydroxylation sites is 1. The molecule has 0 spiro atoms. The Morgan fingerprint density at radius 2 is 2.07 bits per heavy atom. The van der Waals surface area contributed by atoms with Crippen LogP contribution in [-0.4, -0.2) is 45.2 Å². The van der Waals surface area contributed by atoms with Crippen LogP contribution in [0.4, 0.5) is 13.6 Å². The van der Waals surface area contributed by atoms with Gasteiger partial charge in [0.15, 0.2) is 0 Å². The Morgan fingerprint density at radius 3 is 2.77 bits per heavy atom. The number of ether oxygens (including phenoxy) is 1. The number of aryl methyl sites for hydroxylation is 1. The van der Waals surface area contributed by atoms with Gasteiger partial charge in [-0.05, 0) is 42.7 Å². The lowest BCUT2D eigenvalue weighted by Gasteiger charge is -2.23. The first-order chi connectivity index (χ1) is 14.4. The zero-order valence-electron chi connectivity index (χ0n) is 16.4. The van der Waals surface area contributed by atoms with Gasteiger partial charge in [0.25, 0.3) is 0 Å². The summed E-state index contributed by atoms with van der Waals surface area (Å²) in [4.78, 5) is 17.1. The molecule has 0 radical (unpaired) electrons. The van der Waals surface area contributed by atoms with Gasteiger partial charge in [0, 0.05) is 37.0 Å². The molecule has 3 heterocycles. The van der Waals surface area contributed by atoms with Crippen LogP contribution < -0.4 is 4.74 Å². The number of aromatic nitrogens is 2. The molecule has 0 atom stereocenters. The highest BCUT2D eigenvalue weighted by atomic mass is 19.3. The Kier molecular flexibility index (Phi) is 5.39. The zero-order valence-corrected chi connectivity index (χ0v) is 16.4. The van der Waals surface area contributed by atoms with Crippen LogP contribution in [0.5, 0.6) is 5.75 Å². The fourth-order valence-electron chi connectivity index (χ4n) is 3.76. The van der Waals surface area contributed by atoms with Crippen LogP contribution in [0.25, 0.3) is 11.2 Å². The highest BCUT2D eigenvalue weighted by Gasteiger charge is 2.18. The van der Waals surface area contributed by atoms with E-state index in [-0.39, 0.29) is 5.75 Å². The minimum absolute atomic E-state index is 0.154. The van der Waals surface area contributed by atoms with Crippen molar-refractivity contribution in [3.63, 3.8) is 0 Å². The zero-order chi connectivity index (χ0) is 21.3. The normalized spacial score (nSPS) is 14.3. The van der Waals surface area contributed by atoms with Crippen molar-refractivity contribution in [1.82, 2.24) is 14.3 Å². The number of hydrogen-bond donors (Lipinski definition) is 1. The maximum atomic E-state index is 12.8. The topological polar surface area (TPSA) is 67.1 Å². The fraction of sp³-hybridized carbons (Fsp3) is 0.273. The predicted molar refractivity (Wildman–Crippen MR) is 108 cm³/mol. The predicted octanol–water partition coefficient (Wildman–Crippen LogP) is 4.60. The third kappa shape index (κ3) is 3.98. The van der Waals surface area contributed by atoms with Crippen LogP contribution in [0.15, 0.2) is 48.7 Å². The lowest BCUT2D eigenvalue weighted by molar-refractivity contribution is -0.0504. The number of benzene rings is 1. The average molecular weight is 413 g/mol. The van der Waals surface area contributed by atoms with E-state index < -0.39 is 12.7 Å². The van der Waals surface area contributed by atoms with Crippen molar-refractivity contribution in [3.05, 3.63) is 71.2 Å². The molecule has 3 aromatic rings. The van der Waals surface area contributed by atoms with Crippen molar-refractivity contribution in [3.8, 4) is 5.75 Å². The minimum atomic E-state index is -2.88. The van der Waals surface area contributed by atoms with E-state index in [1.165, 1.54) is 11.0 Å². The third-order valence-corrected chi connectivity index (χ3v) is 5.31. The fourth-order valence-corrected chi connectivity index (χ4v) is 3.76. The molecule has 0 fully saturated rings. The standard InChI is InChI=1S/C22H21F2N3O3/c1-14-18(12-16-4-2-3-5-19(16)30-21(23)24)27-13-17(6-7-20(27)25-14)15-8-10-26(11-9-15)22(28)29/h2-8,13,21H,9-12H2,1H3,(H,28,29). The number of hydrogen-bond acceptors (Lipinski definition) is 3. The third-order valence-electron chi connectivity index (χ3n) is 5.31. The van der Waals surface area contributed by atoms with Gasteiger partial charge in [-0.3, -0.25) is 0 Å². The molecule has 0 unspecified atom stereocenters. The molecular weight excluding hydrogens is 392 g/mol. The van der Waals surface area contributed by atoms with E-state index in [4.69, 9.17) is 5.11 Å². The number of alkyl halides is 2. The molecule has 6 nitrogen and oxygen atoms in total. The summed E-state index contributed by atoms with van der Waals surface area (Å²) in [7, 11) is 0. The lowest BCUT2D eigenvalue weighted by Crippen LogP contribution is -2.33. The largest absolute Gasteiger partial charge is 0.465 e. The molecule has 2 aromatic heterocycles. The highest BCUT2D eigenvalue weighted by Crippen LogP contribution is 2.27. The number of carbonyl (C=O) groups is 1. The van der Waals surface area contributed by atoms with Crippen molar-refractivity contribution in [2.45, 2.75) is 26.4 Å². The molecular formula is C22H21F2N3O3. The maximum absolute atomic E-state index is 12.8. The summed E-state index contributed by atoms with van der Waals surface area (Å²) in [5, 5.41) is 9.12. The number of halogens is 2. The Morgan fingerprint density at radius 1 is 1.27 bits per heavy atom. The van der Waals surface area contributed by atoms with Crippen LogP contribution >= 0.6 is 0 Å². The van der Waals surface area contributed by atoms with Gasteiger partial charge in [-0.25, -0.2) is 9.78 Å². The smallest absolute Gasteiger partial charge is 0.407 e. The van der Waals surface area contributed by atoms with E-state index in [1.54, 1.807) is 18.2 Å². The summed E-state index contributed by atoms with van der Waals surface area (Å²) in [6.45, 7) is -0.183. The maximum Gasteiger partial charge on any atom is 0.407 e. The number of amides is 1. The van der Waals surface area contributed by atoms with Crippen molar-refractivity contribution in [1.29, 1.82) is 0 Å². The second-order valence-electron chi connectivity index (χ2n) is 7.16. The SMILES string of the molecule is Cc1nc2ccc(C3=CCN(C(=O)O)CC3)cn2c1Cc1ccccc1OC(F)F. The van der Waals surface area contributed by atoms with E-state index in [2.05, 4.69) is 9.72 Å². The van der Waals surface area contributed by atoms with E-state index >= 15 is 0 Å². The van der Waals surface area contributed by atoms with Gasteiger partial charge in [0.1, 0.15) is 11.4 Å². The summed E-state index contributed by atoms with van der Waals surface area (Å²) >= 11 is 0. The van der Waals surface area contributed by atoms with Gasteiger partial charge in [-0.15, -0.1) is 0 Å². The first kappa shape index (κ1) is 19.9. The van der Waals surface area contributed by atoms with Crippen molar-refractivity contribution >= 4 is 17.3 Å². The molecule has 1 aromatic carbocycles. The van der Waals surface area contributed by atoms with Gasteiger partial charge >= 0.3 is 12.7 Å². The van der Waals surface area contributed by atoms with E-state index in [9.17, 15) is 13.6 Å². The highest BCUT2D eigenvalue weighted by molar-refractivity contribution is 5.71. The number of fused-ring (bicyclic) bond motifs is 1. The van der Waals surface area contributed by atoms with Crippen molar-refractivity contribution in [2.75, 3.05) is 13.1 Å². The van der Waals surface area contributed by atoms with Crippen molar-refractivity contribution in [2.24, 2.45) is 0 Å². The van der Waals surface area contributed by atoms with Crippen LogP contribution in [0.3, 0.4) is 0 Å². The number of nitrogens with zero attached hydrogens (tertiary/aromatic N) is 3. The molecule has 1 aliphatic rings. The number of pyridine rings is 1. The van der Waals surface area contributed by atoms with Crippen LogP contribution in [0.1, 0.15) is 28.9 Å². The Hall–Kier alpha value is -3.42. The second-order valence-corrected chi connectivity index (χ2v) is 7.16. The number of imidazole rings is 1. The minimum Gasteiger partial charge on any atom is -0.465 e. The summed E-state index contributed by atoms with van der Waals surface area (Å²) in [5.74, 6) is 0.154. The number of rotatable bonds is 5. The molecule has 1 amide bonds. The molecule has 0 saturated heterocycles. The molecule has 1 aliphatic heterocycles. The Labute approximate surface area is 172 Å². The van der Waals surface area contributed by atoms with E-state index in [0.717, 1.165) is 28.2 Å². The molecule has 0 aliphatic carbocycles. The Balaban J connectivity index is 1.68. The monoisotopic (exact) mass is 413 g/mol. The molecule has 8 heteroatoms. The van der Waals surface area contributed by atoms with Gasteiger partial charge in [0.05, 0.1) is 5.69 Å². The van der Waals surface area contributed by atoms with E-state index in [0.29, 0.717) is 31.5 Å². The molecule has 4 rings (SSSR count). The summed E-state index contributed by atoms with van der Waals surface area (Å²) in [5.41, 5.74) is 5.19. The molecule has 0 bridgehead atoms. The van der Waals surface area contributed by atoms with Crippen LogP contribution in [0.2, 0.25) is 0 Å². The second kappa shape index (κ2) is 8.14. The average Bonchev–Trinajstić information content (AvgIpc) is 3.03. The molecule has 156 valence electrons.